The topological polar surface area (TPSA) is 137 Å². The van der Waals surface area contributed by atoms with Crippen LogP contribution in [-0.2, 0) is 24.2 Å². The summed E-state index contributed by atoms with van der Waals surface area (Å²) < 4.78 is 47.3. The van der Waals surface area contributed by atoms with Gasteiger partial charge < -0.3 is 15.4 Å². The van der Waals surface area contributed by atoms with E-state index in [4.69, 9.17) is 4.74 Å². The number of rotatable bonds is 11. The molecule has 4 rings (SSSR count). The lowest BCUT2D eigenvalue weighted by Gasteiger charge is -2.34. The molecular formula is C24H29Cl2F3N8O3. The molecule has 1 aliphatic rings. The second kappa shape index (κ2) is 14.2. The monoisotopic (exact) mass is 604 g/mol. The van der Waals surface area contributed by atoms with Gasteiger partial charge in [-0.2, -0.15) is 5.10 Å². The highest BCUT2D eigenvalue weighted by molar-refractivity contribution is 5.91. The van der Waals surface area contributed by atoms with E-state index in [2.05, 4.69) is 36.1 Å². The van der Waals surface area contributed by atoms with Crippen LogP contribution in [0.1, 0.15) is 46.8 Å². The van der Waals surface area contributed by atoms with Crippen LogP contribution in [0.3, 0.4) is 0 Å². The molecule has 1 aliphatic carbocycles. The standard InChI is InChI=1S/C24H27F3N8O3.2ClH/c1-14-7-18(38-19-10-24(26,27)11-19)8-17(29-14)9-22(36)30-21-6-5-16(31-33-21)4-3-15(25)12-35-13-20(32-34-35)23(37)28-2;;/h5-8,13,15,19H,3-4,9-12H2,1-2H3,(H,28,37)(H,30,33,36);2*1H/t15-;;/m0../s1. The van der Waals surface area contributed by atoms with Crippen LogP contribution in [0, 0.1) is 6.92 Å². The van der Waals surface area contributed by atoms with E-state index in [1.54, 1.807) is 31.2 Å². The molecule has 218 valence electrons. The van der Waals surface area contributed by atoms with Gasteiger partial charge in [0.1, 0.15) is 18.0 Å². The first kappa shape index (κ1) is 32.7. The van der Waals surface area contributed by atoms with Crippen LogP contribution in [0.25, 0.3) is 0 Å². The lowest BCUT2D eigenvalue weighted by molar-refractivity contribution is -0.134. The van der Waals surface area contributed by atoms with Crippen LogP contribution in [0.15, 0.2) is 30.5 Å². The molecule has 40 heavy (non-hydrogen) atoms. The van der Waals surface area contributed by atoms with Crippen molar-refractivity contribution in [3.63, 3.8) is 0 Å². The predicted octanol–water partition coefficient (Wildman–Crippen LogP) is 3.30. The Labute approximate surface area is 240 Å². The summed E-state index contributed by atoms with van der Waals surface area (Å²) in [7, 11) is 1.47. The number of ether oxygens (including phenoxy) is 1. The molecule has 3 aromatic rings. The number of carbonyl (C=O) groups excluding carboxylic acids is 2. The highest BCUT2D eigenvalue weighted by Gasteiger charge is 2.47. The Hall–Kier alpha value is -3.52. The van der Waals surface area contributed by atoms with Crippen LogP contribution >= 0.6 is 24.8 Å². The Morgan fingerprint density at radius 1 is 1.15 bits per heavy atom. The molecule has 0 aliphatic heterocycles. The number of aryl methyl sites for hydroxylation is 2. The number of hydrogen-bond donors (Lipinski definition) is 2. The number of pyridine rings is 1. The summed E-state index contributed by atoms with van der Waals surface area (Å²) in [6, 6.07) is 6.40. The van der Waals surface area contributed by atoms with Crippen molar-refractivity contribution in [3.8, 4) is 5.75 Å². The van der Waals surface area contributed by atoms with Crippen LogP contribution < -0.4 is 15.4 Å². The van der Waals surface area contributed by atoms with Crippen molar-refractivity contribution in [2.45, 2.75) is 63.8 Å². The van der Waals surface area contributed by atoms with Crippen molar-refractivity contribution in [2.75, 3.05) is 12.4 Å². The number of nitrogens with one attached hydrogen (secondary N) is 2. The van der Waals surface area contributed by atoms with Crippen LogP contribution in [-0.4, -0.2) is 67.2 Å². The fourth-order valence-electron chi connectivity index (χ4n) is 3.87. The van der Waals surface area contributed by atoms with E-state index in [1.165, 1.54) is 17.9 Å². The van der Waals surface area contributed by atoms with Gasteiger partial charge in [-0.05, 0) is 31.9 Å². The molecule has 0 unspecified atom stereocenters. The van der Waals surface area contributed by atoms with Crippen molar-refractivity contribution in [3.05, 3.63) is 53.2 Å². The molecular weight excluding hydrogens is 576 g/mol. The minimum Gasteiger partial charge on any atom is -0.490 e. The quantitative estimate of drug-likeness (QED) is 0.340. The molecule has 0 aromatic carbocycles. The molecule has 1 atom stereocenters. The van der Waals surface area contributed by atoms with Gasteiger partial charge in [0.2, 0.25) is 5.91 Å². The molecule has 3 aromatic heterocycles. The minimum atomic E-state index is -2.68. The Bertz CT molecular complexity index is 1290. The first-order valence-corrected chi connectivity index (χ1v) is 12.0. The van der Waals surface area contributed by atoms with Gasteiger partial charge in [0.15, 0.2) is 11.5 Å². The second-order valence-corrected chi connectivity index (χ2v) is 9.12. The number of carbonyl (C=O) groups is 2. The maximum absolute atomic E-state index is 14.4. The van der Waals surface area contributed by atoms with Gasteiger partial charge in [-0.25, -0.2) is 17.9 Å². The third kappa shape index (κ3) is 9.30. The Balaban J connectivity index is 0.00000280. The Morgan fingerprint density at radius 2 is 1.90 bits per heavy atom. The van der Waals surface area contributed by atoms with E-state index in [9.17, 15) is 22.8 Å². The molecule has 0 saturated heterocycles. The summed E-state index contributed by atoms with van der Waals surface area (Å²) in [6.07, 6.45) is -0.695. The van der Waals surface area contributed by atoms with E-state index in [-0.39, 0.29) is 74.5 Å². The Kier molecular flexibility index (Phi) is 11.6. The van der Waals surface area contributed by atoms with Crippen molar-refractivity contribution in [2.24, 2.45) is 0 Å². The molecule has 11 nitrogen and oxygen atoms in total. The second-order valence-electron chi connectivity index (χ2n) is 9.12. The van der Waals surface area contributed by atoms with Crippen molar-refractivity contribution in [1.82, 2.24) is 35.5 Å². The lowest BCUT2D eigenvalue weighted by atomic mass is 9.91. The molecule has 0 bridgehead atoms. The highest BCUT2D eigenvalue weighted by atomic mass is 35.5. The molecule has 16 heteroatoms. The number of hydrogen-bond acceptors (Lipinski definition) is 8. The predicted molar refractivity (Wildman–Crippen MR) is 143 cm³/mol. The van der Waals surface area contributed by atoms with Gasteiger partial charge >= 0.3 is 0 Å². The highest BCUT2D eigenvalue weighted by Crippen LogP contribution is 2.39. The Morgan fingerprint density at radius 3 is 2.55 bits per heavy atom. The summed E-state index contributed by atoms with van der Waals surface area (Å²) >= 11 is 0. The number of alkyl halides is 3. The van der Waals surface area contributed by atoms with Crippen molar-refractivity contribution in [1.29, 1.82) is 0 Å². The van der Waals surface area contributed by atoms with E-state index in [0.717, 1.165) is 0 Å². The molecule has 2 amide bonds. The van der Waals surface area contributed by atoms with Crippen molar-refractivity contribution < 1.29 is 27.5 Å². The van der Waals surface area contributed by atoms with Gasteiger partial charge in [0, 0.05) is 37.7 Å². The number of nitrogens with zero attached hydrogens (tertiary/aromatic N) is 6. The fraction of sp³-hybridized carbons (Fsp3) is 0.458. The smallest absolute Gasteiger partial charge is 0.273 e. The maximum atomic E-state index is 14.4. The van der Waals surface area contributed by atoms with Gasteiger partial charge in [-0.1, -0.05) is 5.21 Å². The third-order valence-electron chi connectivity index (χ3n) is 5.76. The number of anilines is 1. The summed E-state index contributed by atoms with van der Waals surface area (Å²) in [5, 5.41) is 20.5. The van der Waals surface area contributed by atoms with Crippen molar-refractivity contribution >= 4 is 42.4 Å². The molecule has 0 radical (unpaired) electrons. The SMILES string of the molecule is CNC(=O)c1cn(C[C@@H](F)CCc2ccc(NC(=O)Cc3cc(OC4CC(F)(F)C4)cc(C)n3)nn2)nn1.Cl.Cl. The fourth-order valence-corrected chi connectivity index (χ4v) is 3.87. The average Bonchev–Trinajstić information content (AvgIpc) is 3.30. The number of amides is 2. The molecule has 0 spiro atoms. The van der Waals surface area contributed by atoms with Crippen LogP contribution in [0.2, 0.25) is 0 Å². The summed E-state index contributed by atoms with van der Waals surface area (Å²) in [4.78, 5) is 28.3. The van der Waals surface area contributed by atoms with E-state index in [0.29, 0.717) is 29.3 Å². The largest absolute Gasteiger partial charge is 0.490 e. The first-order chi connectivity index (χ1) is 18.1. The molecule has 1 fully saturated rings. The normalized spacial score (nSPS) is 14.6. The first-order valence-electron chi connectivity index (χ1n) is 12.0. The minimum absolute atomic E-state index is 0. The van der Waals surface area contributed by atoms with Crippen LogP contribution in [0.5, 0.6) is 5.75 Å². The maximum Gasteiger partial charge on any atom is 0.273 e. The van der Waals surface area contributed by atoms with Gasteiger partial charge in [-0.15, -0.1) is 35.0 Å². The summed E-state index contributed by atoms with van der Waals surface area (Å²) in [5.41, 5.74) is 1.68. The summed E-state index contributed by atoms with van der Waals surface area (Å²) in [6.45, 7) is 1.67. The third-order valence-corrected chi connectivity index (χ3v) is 5.76. The van der Waals surface area contributed by atoms with E-state index in [1.807, 2.05) is 0 Å². The average molecular weight is 605 g/mol. The van der Waals surface area contributed by atoms with Gasteiger partial charge in [0.05, 0.1) is 30.6 Å². The zero-order valence-electron chi connectivity index (χ0n) is 21.6. The number of halogens is 5. The number of aromatic nitrogens is 6. The zero-order valence-corrected chi connectivity index (χ0v) is 23.3. The van der Waals surface area contributed by atoms with Gasteiger partial charge in [-0.3, -0.25) is 14.6 Å². The molecule has 1 saturated carbocycles. The zero-order chi connectivity index (χ0) is 27.3. The van der Waals surface area contributed by atoms with Gasteiger partial charge in [0.25, 0.3) is 11.8 Å². The van der Waals surface area contributed by atoms with Crippen LogP contribution in [0.4, 0.5) is 19.0 Å². The molecule has 2 N–H and O–H groups in total. The van der Waals surface area contributed by atoms with E-state index < -0.39 is 24.1 Å². The summed E-state index contributed by atoms with van der Waals surface area (Å²) in [5.74, 6) is -2.86. The van der Waals surface area contributed by atoms with E-state index >= 15 is 0 Å². The lowest BCUT2D eigenvalue weighted by Crippen LogP contribution is -2.43. The molecule has 3 heterocycles.